The van der Waals surface area contributed by atoms with Crippen LogP contribution in [0.5, 0.6) is 5.75 Å². The summed E-state index contributed by atoms with van der Waals surface area (Å²) in [7, 11) is -4.53. The molecule has 0 radical (unpaired) electrons. The number of aromatic hydroxyl groups is 1. The van der Waals surface area contributed by atoms with Crippen molar-refractivity contribution in [3.05, 3.63) is 42.5 Å². The van der Waals surface area contributed by atoms with Crippen LogP contribution in [-0.4, -0.2) is 62.9 Å². The molecule has 4 rings (SSSR count). The van der Waals surface area contributed by atoms with E-state index in [4.69, 9.17) is 14.7 Å². The standard InChI is InChI=1S/C17H18N6O7S/c18-15-14-16(20-7-19-15)21-8-23(14)13-5-11(25)12(30-13)6-29-31(27,28)22-17(26)9-3-1-2-4-10(9)24/h1-4,7-8,11-13,24-25H,5-6H2,(H,22,26)(H2,18,19,20)/t11-,12+,13+/m0/s1. The predicted octanol–water partition coefficient (Wildman–Crippen LogP) is -0.546. The Balaban J connectivity index is 1.41. The molecule has 3 aromatic rings. The van der Waals surface area contributed by atoms with Crippen molar-refractivity contribution in [2.45, 2.75) is 24.9 Å². The first-order valence-electron chi connectivity index (χ1n) is 9.01. The van der Waals surface area contributed by atoms with Crippen LogP contribution in [0.4, 0.5) is 5.82 Å². The summed E-state index contributed by atoms with van der Waals surface area (Å²) in [6.07, 6.45) is 0.0326. The molecule has 1 amide bonds. The van der Waals surface area contributed by atoms with Crippen molar-refractivity contribution in [1.29, 1.82) is 0 Å². The number of imidazole rings is 1. The van der Waals surface area contributed by atoms with Crippen molar-refractivity contribution in [1.82, 2.24) is 24.2 Å². The first-order valence-corrected chi connectivity index (χ1v) is 10.4. The second kappa shape index (κ2) is 8.07. The number of aliphatic hydroxyl groups is 1. The van der Waals surface area contributed by atoms with Crippen LogP contribution in [0.3, 0.4) is 0 Å². The Kier molecular flexibility index (Phi) is 5.45. The summed E-state index contributed by atoms with van der Waals surface area (Å²) in [5.41, 5.74) is 6.40. The van der Waals surface area contributed by atoms with Gasteiger partial charge in [0.15, 0.2) is 11.5 Å². The van der Waals surface area contributed by atoms with Crippen LogP contribution in [0.1, 0.15) is 23.0 Å². The zero-order chi connectivity index (χ0) is 22.2. The molecule has 13 nitrogen and oxygen atoms in total. The molecule has 1 aromatic carbocycles. The predicted molar refractivity (Wildman–Crippen MR) is 105 cm³/mol. The normalized spacial score (nSPS) is 21.4. The Labute approximate surface area is 175 Å². The lowest BCUT2D eigenvalue weighted by Gasteiger charge is -2.16. The molecule has 2 aromatic heterocycles. The highest BCUT2D eigenvalue weighted by atomic mass is 32.2. The van der Waals surface area contributed by atoms with Crippen molar-refractivity contribution in [2.24, 2.45) is 0 Å². The summed E-state index contributed by atoms with van der Waals surface area (Å²) in [6.45, 7) is -0.556. The fourth-order valence-corrected chi connectivity index (χ4v) is 3.88. The third kappa shape index (κ3) is 4.27. The summed E-state index contributed by atoms with van der Waals surface area (Å²) in [6, 6.07) is 5.43. The van der Waals surface area contributed by atoms with Crippen molar-refractivity contribution < 1.29 is 32.3 Å². The third-order valence-electron chi connectivity index (χ3n) is 4.66. The van der Waals surface area contributed by atoms with Gasteiger partial charge in [-0.3, -0.25) is 13.5 Å². The number of hydrogen-bond acceptors (Lipinski definition) is 11. The molecular formula is C17H18N6O7S. The van der Waals surface area contributed by atoms with Crippen molar-refractivity contribution in [3.8, 4) is 5.75 Å². The second-order valence-electron chi connectivity index (χ2n) is 6.70. The highest BCUT2D eigenvalue weighted by Crippen LogP contribution is 2.32. The molecule has 3 heterocycles. The number of nitrogens with zero attached hydrogens (tertiary/aromatic N) is 4. The van der Waals surface area contributed by atoms with Gasteiger partial charge in [0.25, 0.3) is 5.91 Å². The molecule has 164 valence electrons. The minimum Gasteiger partial charge on any atom is -0.507 e. The topological polar surface area (TPSA) is 192 Å². The lowest BCUT2D eigenvalue weighted by Crippen LogP contribution is -2.35. The number of aromatic nitrogens is 4. The number of nitrogen functional groups attached to an aromatic ring is 1. The van der Waals surface area contributed by atoms with Gasteiger partial charge in [-0.25, -0.2) is 19.7 Å². The van der Waals surface area contributed by atoms with Crippen LogP contribution >= 0.6 is 0 Å². The number of amides is 1. The van der Waals surface area contributed by atoms with Gasteiger partial charge in [0.2, 0.25) is 0 Å². The molecule has 0 unspecified atom stereocenters. The number of anilines is 1. The number of para-hydroxylation sites is 1. The van der Waals surface area contributed by atoms with Crippen molar-refractivity contribution in [3.63, 3.8) is 0 Å². The quantitative estimate of drug-likeness (QED) is 0.377. The zero-order valence-electron chi connectivity index (χ0n) is 15.8. The number of benzene rings is 1. The highest BCUT2D eigenvalue weighted by Gasteiger charge is 2.37. The van der Waals surface area contributed by atoms with E-state index in [1.165, 1.54) is 36.9 Å². The third-order valence-corrected chi connectivity index (χ3v) is 5.54. The number of carbonyl (C=O) groups excluding carboxylic acids is 1. The number of carbonyl (C=O) groups is 1. The maximum Gasteiger partial charge on any atom is 0.362 e. The second-order valence-corrected chi connectivity index (χ2v) is 8.05. The van der Waals surface area contributed by atoms with Crippen molar-refractivity contribution in [2.75, 3.05) is 12.3 Å². The van der Waals surface area contributed by atoms with E-state index in [9.17, 15) is 23.4 Å². The van der Waals surface area contributed by atoms with E-state index < -0.39 is 41.3 Å². The number of phenols is 1. The van der Waals surface area contributed by atoms with Gasteiger partial charge < -0.3 is 20.7 Å². The maximum atomic E-state index is 12.1. The molecule has 31 heavy (non-hydrogen) atoms. The molecule has 5 N–H and O–H groups in total. The minimum atomic E-state index is -4.53. The molecule has 1 aliphatic heterocycles. The minimum absolute atomic E-state index is 0.109. The van der Waals surface area contributed by atoms with Gasteiger partial charge in [-0.15, -0.1) is 0 Å². The molecule has 1 fully saturated rings. The van der Waals surface area contributed by atoms with Crippen LogP contribution in [0.25, 0.3) is 11.2 Å². The van der Waals surface area contributed by atoms with Gasteiger partial charge in [-0.05, 0) is 12.1 Å². The van der Waals surface area contributed by atoms with Crippen LogP contribution in [-0.2, 0) is 19.2 Å². The first-order chi connectivity index (χ1) is 14.7. The van der Waals surface area contributed by atoms with Gasteiger partial charge in [-0.1, -0.05) is 12.1 Å². The summed E-state index contributed by atoms with van der Waals surface area (Å²) in [5, 5.41) is 19.9. The van der Waals surface area contributed by atoms with E-state index >= 15 is 0 Å². The molecule has 0 aliphatic carbocycles. The Bertz CT molecular complexity index is 1230. The van der Waals surface area contributed by atoms with E-state index in [1.807, 2.05) is 0 Å². The largest absolute Gasteiger partial charge is 0.507 e. The van der Waals surface area contributed by atoms with E-state index in [1.54, 1.807) is 9.29 Å². The smallest absolute Gasteiger partial charge is 0.362 e. The number of fused-ring (bicyclic) bond motifs is 1. The molecule has 0 bridgehead atoms. The molecule has 14 heteroatoms. The van der Waals surface area contributed by atoms with Crippen LogP contribution < -0.4 is 10.5 Å². The van der Waals surface area contributed by atoms with Gasteiger partial charge >= 0.3 is 10.3 Å². The Morgan fingerprint density at radius 1 is 1.32 bits per heavy atom. The highest BCUT2D eigenvalue weighted by molar-refractivity contribution is 7.85. The Morgan fingerprint density at radius 3 is 2.87 bits per heavy atom. The average molecular weight is 450 g/mol. The zero-order valence-corrected chi connectivity index (χ0v) is 16.6. The maximum absolute atomic E-state index is 12.1. The lowest BCUT2D eigenvalue weighted by molar-refractivity contribution is -0.0371. The van der Waals surface area contributed by atoms with Gasteiger partial charge in [-0.2, -0.15) is 8.42 Å². The molecule has 0 saturated carbocycles. The van der Waals surface area contributed by atoms with Crippen LogP contribution in [0.15, 0.2) is 36.9 Å². The first kappa shape index (κ1) is 20.9. The molecule has 1 aliphatic rings. The molecule has 3 atom stereocenters. The van der Waals surface area contributed by atoms with E-state index in [-0.39, 0.29) is 23.6 Å². The SMILES string of the molecule is Nc1ncnc2ncn([C@H]3C[C@H](O)[C@@H](COS(=O)(=O)NC(=O)c4ccccc4O)O3)c12. The Morgan fingerprint density at radius 2 is 2.10 bits per heavy atom. The van der Waals surface area contributed by atoms with E-state index in [0.717, 1.165) is 0 Å². The fraction of sp³-hybridized carbons (Fsp3) is 0.294. The number of phenolic OH excluding ortho intramolecular Hbond substituents is 1. The number of nitrogens with two attached hydrogens (primary N) is 1. The average Bonchev–Trinajstić information content (AvgIpc) is 3.30. The number of nitrogens with one attached hydrogen (secondary N) is 1. The number of ether oxygens (including phenoxy) is 1. The number of hydrogen-bond donors (Lipinski definition) is 4. The fourth-order valence-electron chi connectivity index (χ4n) is 3.17. The lowest BCUT2D eigenvalue weighted by atomic mass is 10.2. The summed E-state index contributed by atoms with van der Waals surface area (Å²) >= 11 is 0. The molecule has 1 saturated heterocycles. The van der Waals surface area contributed by atoms with Crippen molar-refractivity contribution >= 4 is 33.2 Å². The van der Waals surface area contributed by atoms with E-state index in [0.29, 0.717) is 11.2 Å². The number of rotatable bonds is 6. The van der Waals surface area contributed by atoms with Gasteiger partial charge in [0, 0.05) is 6.42 Å². The summed E-state index contributed by atoms with van der Waals surface area (Å²) in [5.74, 6) is -1.28. The van der Waals surface area contributed by atoms with Gasteiger partial charge in [0.1, 0.15) is 29.9 Å². The number of aliphatic hydroxyl groups excluding tert-OH is 1. The monoisotopic (exact) mass is 450 g/mol. The van der Waals surface area contributed by atoms with E-state index in [2.05, 4.69) is 15.0 Å². The van der Waals surface area contributed by atoms with Crippen LogP contribution in [0, 0.1) is 0 Å². The summed E-state index contributed by atoms with van der Waals surface area (Å²) < 4.78 is 37.9. The molecular weight excluding hydrogens is 432 g/mol. The van der Waals surface area contributed by atoms with Gasteiger partial charge in [0.05, 0.1) is 24.6 Å². The Hall–Kier alpha value is -3.33. The molecule has 0 spiro atoms. The summed E-state index contributed by atoms with van der Waals surface area (Å²) in [4.78, 5) is 24.1. The van der Waals surface area contributed by atoms with Crippen LogP contribution in [0.2, 0.25) is 0 Å².